The molecule has 0 aliphatic heterocycles. The molecule has 0 saturated heterocycles. The van der Waals surface area contributed by atoms with E-state index in [-0.39, 0.29) is 0 Å². The van der Waals surface area contributed by atoms with Gasteiger partial charge in [0.25, 0.3) is 0 Å². The molecule has 0 bridgehead atoms. The highest BCUT2D eigenvalue weighted by atomic mass is 35.5. The van der Waals surface area contributed by atoms with Gasteiger partial charge in [-0.05, 0) is 18.2 Å². The minimum atomic E-state index is 0.301. The number of fused-ring (bicyclic) bond motifs is 1. The van der Waals surface area contributed by atoms with Gasteiger partial charge in [-0.25, -0.2) is 15.0 Å². The van der Waals surface area contributed by atoms with E-state index in [9.17, 15) is 0 Å². The summed E-state index contributed by atoms with van der Waals surface area (Å²) in [6, 6.07) is 5.39. The Morgan fingerprint density at radius 2 is 1.95 bits per heavy atom. The van der Waals surface area contributed by atoms with E-state index in [1.54, 1.807) is 18.3 Å². The van der Waals surface area contributed by atoms with Crippen LogP contribution < -0.4 is 0 Å². The summed E-state index contributed by atoms with van der Waals surface area (Å²) in [6.45, 7) is 0.555. The third-order valence-corrected chi connectivity index (χ3v) is 3.91. The number of benzene rings is 1. The number of aromatic nitrogens is 4. The van der Waals surface area contributed by atoms with Crippen LogP contribution in [-0.4, -0.2) is 19.5 Å². The number of hydrogen-bond acceptors (Lipinski definition) is 3. The third-order valence-electron chi connectivity index (χ3n) is 2.95. The summed E-state index contributed by atoms with van der Waals surface area (Å²) in [7, 11) is 0. The number of rotatable bonds is 3. The highest BCUT2D eigenvalue weighted by molar-refractivity contribution is 6.42. The molecular formula is C13H9Cl3N4. The fourth-order valence-corrected chi connectivity index (χ4v) is 2.54. The predicted molar refractivity (Wildman–Crippen MR) is 80.4 cm³/mol. The average Bonchev–Trinajstić information content (AvgIpc) is 2.78. The molecule has 0 saturated carbocycles. The summed E-state index contributed by atoms with van der Waals surface area (Å²) in [4.78, 5) is 12.6. The maximum absolute atomic E-state index is 6.08. The van der Waals surface area contributed by atoms with Crippen LogP contribution in [0, 0.1) is 0 Å². The number of imidazole rings is 1. The first-order valence-electron chi connectivity index (χ1n) is 5.84. The second-order valence-electron chi connectivity index (χ2n) is 4.20. The quantitative estimate of drug-likeness (QED) is 0.685. The summed E-state index contributed by atoms with van der Waals surface area (Å²) in [5.74, 6) is 1.05. The van der Waals surface area contributed by atoms with Crippen LogP contribution in [0.4, 0.5) is 0 Å². The zero-order chi connectivity index (χ0) is 14.1. The van der Waals surface area contributed by atoms with Gasteiger partial charge in [-0.15, -0.1) is 11.6 Å². The molecule has 3 rings (SSSR count). The third kappa shape index (κ3) is 2.46. The van der Waals surface area contributed by atoms with Crippen LogP contribution in [0.15, 0.2) is 30.7 Å². The Labute approximate surface area is 130 Å². The van der Waals surface area contributed by atoms with E-state index in [0.717, 1.165) is 22.6 Å². The molecule has 3 aromatic rings. The largest absolute Gasteiger partial charge is 0.321 e. The Morgan fingerprint density at radius 3 is 2.65 bits per heavy atom. The molecule has 0 N–H and O–H groups in total. The van der Waals surface area contributed by atoms with Crippen LogP contribution in [0.25, 0.3) is 11.0 Å². The number of alkyl halides is 1. The van der Waals surface area contributed by atoms with Gasteiger partial charge < -0.3 is 4.57 Å². The molecule has 102 valence electrons. The maximum Gasteiger partial charge on any atom is 0.125 e. The molecule has 1 aromatic carbocycles. The minimum Gasteiger partial charge on any atom is -0.321 e. The summed E-state index contributed by atoms with van der Waals surface area (Å²) in [6.07, 6.45) is 3.21. The lowest BCUT2D eigenvalue weighted by Crippen LogP contribution is -2.05. The van der Waals surface area contributed by atoms with E-state index in [0.29, 0.717) is 22.5 Å². The SMILES string of the molecule is ClCc1nc2cc(Cl)c(Cl)cc2n1Cc1ccncn1. The molecule has 4 nitrogen and oxygen atoms in total. The highest BCUT2D eigenvalue weighted by Crippen LogP contribution is 2.29. The lowest BCUT2D eigenvalue weighted by atomic mass is 10.3. The van der Waals surface area contributed by atoms with Crippen LogP contribution >= 0.6 is 34.8 Å². The molecule has 0 aliphatic carbocycles. The first-order chi connectivity index (χ1) is 9.69. The minimum absolute atomic E-state index is 0.301. The number of hydrogen-bond donors (Lipinski definition) is 0. The van der Waals surface area contributed by atoms with Crippen molar-refractivity contribution in [1.29, 1.82) is 0 Å². The second kappa shape index (κ2) is 5.56. The maximum atomic E-state index is 6.08. The Kier molecular flexibility index (Phi) is 3.78. The van der Waals surface area contributed by atoms with E-state index in [1.165, 1.54) is 6.33 Å². The second-order valence-corrected chi connectivity index (χ2v) is 5.29. The van der Waals surface area contributed by atoms with Gasteiger partial charge in [-0.1, -0.05) is 23.2 Å². The van der Waals surface area contributed by atoms with Crippen molar-refractivity contribution in [2.24, 2.45) is 0 Å². The van der Waals surface area contributed by atoms with Crippen molar-refractivity contribution in [2.75, 3.05) is 0 Å². The van der Waals surface area contributed by atoms with Crippen LogP contribution in [-0.2, 0) is 12.4 Å². The molecule has 0 amide bonds. The smallest absolute Gasteiger partial charge is 0.125 e. The number of halogens is 3. The lowest BCUT2D eigenvalue weighted by Gasteiger charge is -2.07. The molecule has 0 aliphatic rings. The van der Waals surface area contributed by atoms with Crippen molar-refractivity contribution in [3.8, 4) is 0 Å². The molecule has 0 spiro atoms. The Bertz CT molecular complexity index is 755. The van der Waals surface area contributed by atoms with Crippen molar-refractivity contribution in [3.05, 3.63) is 52.3 Å². The fourth-order valence-electron chi connectivity index (χ4n) is 2.02. The fraction of sp³-hybridized carbons (Fsp3) is 0.154. The van der Waals surface area contributed by atoms with E-state index in [2.05, 4.69) is 15.0 Å². The Morgan fingerprint density at radius 1 is 1.15 bits per heavy atom. The molecule has 2 heterocycles. The monoisotopic (exact) mass is 326 g/mol. The first-order valence-corrected chi connectivity index (χ1v) is 7.13. The van der Waals surface area contributed by atoms with E-state index in [1.807, 2.05) is 10.6 Å². The molecule has 7 heteroatoms. The summed E-state index contributed by atoms with van der Waals surface area (Å²) in [5, 5.41) is 0.969. The standard InChI is InChI=1S/C13H9Cl3N4/c14-5-13-19-11-3-9(15)10(16)4-12(11)20(13)6-8-1-2-17-7-18-8/h1-4,7H,5-6H2. The summed E-state index contributed by atoms with van der Waals surface area (Å²) >= 11 is 18.1. The van der Waals surface area contributed by atoms with Crippen molar-refractivity contribution >= 4 is 45.8 Å². The van der Waals surface area contributed by atoms with Crippen molar-refractivity contribution in [2.45, 2.75) is 12.4 Å². The molecule has 2 aromatic heterocycles. The Balaban J connectivity index is 2.15. The van der Waals surface area contributed by atoms with Crippen molar-refractivity contribution in [3.63, 3.8) is 0 Å². The highest BCUT2D eigenvalue weighted by Gasteiger charge is 2.13. The van der Waals surface area contributed by atoms with Gasteiger partial charge in [-0.3, -0.25) is 0 Å². The molecule has 0 radical (unpaired) electrons. The molecule has 0 fully saturated rings. The van der Waals surface area contributed by atoms with Gasteiger partial charge in [0.05, 0.1) is 39.2 Å². The van der Waals surface area contributed by atoms with Crippen LogP contribution in [0.1, 0.15) is 11.5 Å². The predicted octanol–water partition coefficient (Wildman–Crippen LogP) is 3.92. The Hall–Kier alpha value is -1.36. The van der Waals surface area contributed by atoms with Gasteiger partial charge in [-0.2, -0.15) is 0 Å². The van der Waals surface area contributed by atoms with Crippen molar-refractivity contribution < 1.29 is 0 Å². The zero-order valence-electron chi connectivity index (χ0n) is 10.2. The average molecular weight is 328 g/mol. The van der Waals surface area contributed by atoms with Gasteiger partial charge in [0.1, 0.15) is 12.2 Å². The normalized spacial score (nSPS) is 11.2. The summed E-state index contributed by atoms with van der Waals surface area (Å²) in [5.41, 5.74) is 2.52. The van der Waals surface area contributed by atoms with Gasteiger partial charge in [0.15, 0.2) is 0 Å². The van der Waals surface area contributed by atoms with Gasteiger partial charge in [0, 0.05) is 6.20 Å². The van der Waals surface area contributed by atoms with Crippen molar-refractivity contribution in [1.82, 2.24) is 19.5 Å². The van der Waals surface area contributed by atoms with Crippen LogP contribution in [0.2, 0.25) is 10.0 Å². The lowest BCUT2D eigenvalue weighted by molar-refractivity contribution is 0.754. The van der Waals surface area contributed by atoms with Crippen LogP contribution in [0.5, 0.6) is 0 Å². The summed E-state index contributed by atoms with van der Waals surface area (Å²) < 4.78 is 1.98. The van der Waals surface area contributed by atoms with E-state index >= 15 is 0 Å². The number of nitrogens with zero attached hydrogens (tertiary/aromatic N) is 4. The molecule has 20 heavy (non-hydrogen) atoms. The molecule has 0 atom stereocenters. The van der Waals surface area contributed by atoms with Crippen LogP contribution in [0.3, 0.4) is 0 Å². The van der Waals surface area contributed by atoms with E-state index in [4.69, 9.17) is 34.8 Å². The molecule has 0 unspecified atom stereocenters. The van der Waals surface area contributed by atoms with Gasteiger partial charge >= 0.3 is 0 Å². The topological polar surface area (TPSA) is 43.6 Å². The van der Waals surface area contributed by atoms with E-state index < -0.39 is 0 Å². The first kappa shape index (κ1) is 13.6. The zero-order valence-corrected chi connectivity index (χ0v) is 12.5. The molecular weight excluding hydrogens is 319 g/mol. The van der Waals surface area contributed by atoms with Gasteiger partial charge in [0.2, 0.25) is 0 Å².